The molecule has 0 unspecified atom stereocenters. The number of aromatic hydroxyl groups is 1. The first-order valence-electron chi connectivity index (χ1n) is 15.9. The number of phenolic OH excluding ortho intramolecular Hbond substituents is 1. The molecule has 3 aromatic rings. The van der Waals surface area contributed by atoms with E-state index in [9.17, 15) is 33.5 Å². The SMILES string of the molecule is O=C(O)CCCCCN1C(=O)[C@H]2[C@H](CC=C3[C@H]2C[C@@]2(Cl)C(=O)N(c4ccc(F)cc4)C(=O)[C@@]2(Cl)[C@H]3c2ccc(O)c3ccccc23)C1=O. The number of rotatable bonds is 8. The van der Waals surface area contributed by atoms with E-state index in [1.807, 2.05) is 6.08 Å². The monoisotopic (exact) mass is 692 g/mol. The zero-order chi connectivity index (χ0) is 34.1. The predicted molar refractivity (Wildman–Crippen MR) is 175 cm³/mol. The minimum absolute atomic E-state index is 0.00233. The molecular weight excluding hydrogens is 662 g/mol. The number of amides is 4. The number of benzene rings is 3. The Balaban J connectivity index is 1.35. The van der Waals surface area contributed by atoms with Crippen LogP contribution >= 0.6 is 23.2 Å². The molecule has 4 amide bonds. The topological polar surface area (TPSA) is 132 Å². The number of phenols is 1. The van der Waals surface area contributed by atoms with Crippen molar-refractivity contribution < 1.29 is 38.6 Å². The highest BCUT2D eigenvalue weighted by Gasteiger charge is 2.76. The molecule has 1 saturated carbocycles. The summed E-state index contributed by atoms with van der Waals surface area (Å²) in [6.07, 6.45) is 3.23. The van der Waals surface area contributed by atoms with Crippen molar-refractivity contribution in [2.24, 2.45) is 17.8 Å². The molecule has 0 radical (unpaired) electrons. The summed E-state index contributed by atoms with van der Waals surface area (Å²) >= 11 is 14.9. The number of nitrogens with zero attached hydrogens (tertiary/aromatic N) is 2. The molecule has 12 heteroatoms. The van der Waals surface area contributed by atoms with Crippen LogP contribution in [0.5, 0.6) is 5.75 Å². The Bertz CT molecular complexity index is 1930. The van der Waals surface area contributed by atoms with E-state index in [1.54, 1.807) is 30.3 Å². The molecule has 48 heavy (non-hydrogen) atoms. The normalized spacial score (nSPS) is 29.6. The van der Waals surface area contributed by atoms with E-state index in [1.165, 1.54) is 23.1 Å². The summed E-state index contributed by atoms with van der Waals surface area (Å²) in [6, 6.07) is 15.0. The molecule has 3 fully saturated rings. The van der Waals surface area contributed by atoms with Crippen molar-refractivity contribution in [3.63, 3.8) is 0 Å². The molecule has 0 bridgehead atoms. The molecular formula is C36H31Cl2FN2O7. The van der Waals surface area contributed by atoms with Crippen LogP contribution in [0.25, 0.3) is 10.8 Å². The highest BCUT2D eigenvalue weighted by molar-refractivity contribution is 6.58. The highest BCUT2D eigenvalue weighted by Crippen LogP contribution is 2.66. The molecule has 9 nitrogen and oxygen atoms in total. The van der Waals surface area contributed by atoms with Crippen molar-refractivity contribution in [3.8, 4) is 5.75 Å². The number of imide groups is 2. The average Bonchev–Trinajstić information content (AvgIpc) is 3.39. The summed E-state index contributed by atoms with van der Waals surface area (Å²) in [6.45, 7) is 0.138. The Morgan fingerprint density at radius 3 is 2.29 bits per heavy atom. The maximum absolute atomic E-state index is 14.6. The van der Waals surface area contributed by atoms with E-state index in [2.05, 4.69) is 0 Å². The van der Waals surface area contributed by atoms with Gasteiger partial charge in [0.1, 0.15) is 11.6 Å². The van der Waals surface area contributed by atoms with Gasteiger partial charge in [0.2, 0.25) is 11.8 Å². The number of hydrogen-bond donors (Lipinski definition) is 2. The van der Waals surface area contributed by atoms with Crippen molar-refractivity contribution in [1.82, 2.24) is 4.90 Å². The fourth-order valence-electron chi connectivity index (χ4n) is 8.31. The maximum atomic E-state index is 14.6. The molecule has 2 heterocycles. The molecule has 2 aliphatic carbocycles. The molecule has 2 saturated heterocycles. The molecule has 0 aromatic heterocycles. The van der Waals surface area contributed by atoms with E-state index in [0.717, 1.165) is 17.0 Å². The second-order valence-electron chi connectivity index (χ2n) is 13.0. The zero-order valence-corrected chi connectivity index (χ0v) is 27.1. The molecule has 0 spiro atoms. The van der Waals surface area contributed by atoms with Crippen molar-refractivity contribution in [3.05, 3.63) is 83.7 Å². The number of carbonyl (C=O) groups is 5. The molecule has 2 N–H and O–H groups in total. The molecule has 4 aliphatic rings. The Morgan fingerprint density at radius 2 is 1.58 bits per heavy atom. The number of aliphatic carboxylic acids is 1. The first-order valence-corrected chi connectivity index (χ1v) is 16.7. The van der Waals surface area contributed by atoms with Crippen molar-refractivity contribution in [2.75, 3.05) is 11.4 Å². The van der Waals surface area contributed by atoms with Crippen LogP contribution in [-0.4, -0.2) is 61.0 Å². The lowest BCUT2D eigenvalue weighted by Crippen LogP contribution is -2.60. The average molecular weight is 694 g/mol. The lowest BCUT2D eigenvalue weighted by molar-refractivity contribution is -0.141. The fraction of sp³-hybridized carbons (Fsp3) is 0.361. The Morgan fingerprint density at radius 1 is 0.875 bits per heavy atom. The van der Waals surface area contributed by atoms with Crippen LogP contribution in [0.15, 0.2) is 72.3 Å². The highest BCUT2D eigenvalue weighted by atomic mass is 35.5. The van der Waals surface area contributed by atoms with Crippen LogP contribution < -0.4 is 4.90 Å². The first kappa shape index (κ1) is 32.3. The summed E-state index contributed by atoms with van der Waals surface area (Å²) in [5.41, 5.74) is 1.23. The second-order valence-corrected chi connectivity index (χ2v) is 14.2. The number of unbranched alkanes of at least 4 members (excludes halogenated alkanes) is 2. The summed E-state index contributed by atoms with van der Waals surface area (Å²) in [5, 5.41) is 20.7. The number of hydrogen-bond acceptors (Lipinski definition) is 6. The largest absolute Gasteiger partial charge is 0.507 e. The van der Waals surface area contributed by atoms with E-state index >= 15 is 0 Å². The summed E-state index contributed by atoms with van der Waals surface area (Å²) < 4.78 is 13.9. The van der Waals surface area contributed by atoms with Crippen molar-refractivity contribution in [1.29, 1.82) is 0 Å². The number of alkyl halides is 2. The third-order valence-corrected chi connectivity index (χ3v) is 11.9. The number of anilines is 1. The van der Waals surface area contributed by atoms with E-state index < -0.39 is 62.9 Å². The number of fused-ring (bicyclic) bond motifs is 5. The van der Waals surface area contributed by atoms with Crippen molar-refractivity contribution >= 4 is 69.3 Å². The van der Waals surface area contributed by atoms with Crippen molar-refractivity contribution in [2.45, 2.75) is 54.2 Å². The molecule has 2 aliphatic heterocycles. The minimum atomic E-state index is -2.09. The van der Waals surface area contributed by atoms with Gasteiger partial charge in [-0.05, 0) is 72.9 Å². The van der Waals surface area contributed by atoms with Gasteiger partial charge in [0, 0.05) is 24.3 Å². The van der Waals surface area contributed by atoms with Gasteiger partial charge >= 0.3 is 5.97 Å². The number of likely N-dealkylation sites (tertiary alicyclic amines) is 1. The summed E-state index contributed by atoms with van der Waals surface area (Å²) in [7, 11) is 0. The number of allylic oxidation sites excluding steroid dienone is 2. The van der Waals surface area contributed by atoms with Crippen LogP contribution in [0.1, 0.15) is 50.0 Å². The van der Waals surface area contributed by atoms with E-state index in [0.29, 0.717) is 41.2 Å². The van der Waals surface area contributed by atoms with Crippen LogP contribution in [0.4, 0.5) is 10.1 Å². The summed E-state index contributed by atoms with van der Waals surface area (Å²) in [5.74, 6) is -7.16. The standard InChI is InChI=1S/C36H31Cl2FN2O7/c37-35-18-26-24(13-14-25-29(26)32(46)40(31(25)45)17-5-1-2-8-28(43)44)30(23-15-16-27(42)22-7-4-3-6-21(22)23)36(35,38)34(48)41(33(35)47)20-11-9-19(39)10-12-20/h3-4,6-7,9-13,15-16,25-26,29-30,42H,1-2,5,8,14,17-18H2,(H,43,44)/t25-,26+,29-,30-,35+,36-/m0/s1. The van der Waals surface area contributed by atoms with Crippen LogP contribution in [0.3, 0.4) is 0 Å². The van der Waals surface area contributed by atoms with E-state index in [-0.39, 0.29) is 43.2 Å². The second kappa shape index (κ2) is 11.7. The zero-order valence-electron chi connectivity index (χ0n) is 25.6. The third-order valence-electron chi connectivity index (χ3n) is 10.5. The Kier molecular flexibility index (Phi) is 7.87. The van der Waals surface area contributed by atoms with Crippen LogP contribution in [-0.2, 0) is 24.0 Å². The predicted octanol–water partition coefficient (Wildman–Crippen LogP) is 5.89. The lowest BCUT2D eigenvalue weighted by atomic mass is 9.56. The number of carboxylic acid groups (broad SMARTS) is 1. The smallest absolute Gasteiger partial charge is 0.303 e. The van der Waals surface area contributed by atoms with Gasteiger partial charge < -0.3 is 10.2 Å². The van der Waals surface area contributed by atoms with Gasteiger partial charge in [-0.2, -0.15) is 0 Å². The quantitative estimate of drug-likeness (QED) is 0.130. The Labute approximate surface area is 284 Å². The number of carbonyl (C=O) groups excluding carboxylic acids is 4. The maximum Gasteiger partial charge on any atom is 0.303 e. The van der Waals surface area contributed by atoms with Gasteiger partial charge in [0.05, 0.1) is 17.5 Å². The summed E-state index contributed by atoms with van der Waals surface area (Å²) in [4.78, 5) is 65.6. The van der Waals surface area contributed by atoms with Gasteiger partial charge in [-0.3, -0.25) is 28.9 Å². The molecule has 7 rings (SSSR count). The van der Waals surface area contributed by atoms with Gasteiger partial charge in [-0.1, -0.05) is 48.4 Å². The fourth-order valence-corrected chi connectivity index (χ4v) is 9.24. The third kappa shape index (κ3) is 4.59. The van der Waals surface area contributed by atoms with Crippen LogP contribution in [0.2, 0.25) is 0 Å². The van der Waals surface area contributed by atoms with Crippen LogP contribution in [0, 0.1) is 23.6 Å². The van der Waals surface area contributed by atoms with Gasteiger partial charge in [0.15, 0.2) is 9.75 Å². The number of carboxylic acids is 1. The van der Waals surface area contributed by atoms with Gasteiger partial charge in [-0.25, -0.2) is 9.29 Å². The molecule has 3 aromatic carbocycles. The lowest BCUT2D eigenvalue weighted by Gasteiger charge is -2.51. The first-order chi connectivity index (χ1) is 22.9. The van der Waals surface area contributed by atoms with Gasteiger partial charge in [-0.15, -0.1) is 23.2 Å². The molecule has 6 atom stereocenters. The van der Waals surface area contributed by atoms with Gasteiger partial charge in [0.25, 0.3) is 11.8 Å². The number of halogens is 3. The Hall–Kier alpha value is -4.28. The van der Waals surface area contributed by atoms with E-state index in [4.69, 9.17) is 28.3 Å². The molecule has 248 valence electrons. The minimum Gasteiger partial charge on any atom is -0.507 e.